The summed E-state index contributed by atoms with van der Waals surface area (Å²) in [7, 11) is 0. The normalized spacial score (nSPS) is 19.0. The summed E-state index contributed by atoms with van der Waals surface area (Å²) in [6, 6.07) is 7.59. The lowest BCUT2D eigenvalue weighted by Crippen LogP contribution is -2.34. The van der Waals surface area contributed by atoms with Gasteiger partial charge in [0.25, 0.3) is 5.91 Å². The third kappa shape index (κ3) is 4.52. The van der Waals surface area contributed by atoms with E-state index in [-0.39, 0.29) is 36.6 Å². The number of aromatic nitrogens is 2. The van der Waals surface area contributed by atoms with E-state index in [0.717, 1.165) is 23.8 Å². The van der Waals surface area contributed by atoms with Gasteiger partial charge in [0.05, 0.1) is 11.7 Å². The van der Waals surface area contributed by atoms with Gasteiger partial charge in [0, 0.05) is 43.1 Å². The van der Waals surface area contributed by atoms with E-state index < -0.39 is 6.10 Å². The SMILES string of the molecule is Cc1cc(C(=O)NCC2CNCC2O)c(C)n1-c1ccccn1.Cl.Cl. The number of aliphatic hydroxyl groups excluding tert-OH is 1. The average molecular weight is 387 g/mol. The van der Waals surface area contributed by atoms with Gasteiger partial charge >= 0.3 is 0 Å². The molecule has 0 spiro atoms. The quantitative estimate of drug-likeness (QED) is 0.746. The molecule has 3 heterocycles. The molecule has 0 aliphatic carbocycles. The Labute approximate surface area is 159 Å². The summed E-state index contributed by atoms with van der Waals surface area (Å²) in [6.45, 7) is 5.68. The largest absolute Gasteiger partial charge is 0.391 e. The van der Waals surface area contributed by atoms with Gasteiger partial charge in [0.15, 0.2) is 0 Å². The molecule has 8 heteroatoms. The van der Waals surface area contributed by atoms with Crippen LogP contribution in [0.25, 0.3) is 5.82 Å². The van der Waals surface area contributed by atoms with Crippen molar-refractivity contribution in [2.45, 2.75) is 20.0 Å². The molecule has 0 aromatic carbocycles. The third-order valence-electron chi connectivity index (χ3n) is 4.38. The Kier molecular flexibility index (Phi) is 7.89. The van der Waals surface area contributed by atoms with E-state index in [0.29, 0.717) is 18.7 Å². The molecule has 3 rings (SSSR count). The minimum Gasteiger partial charge on any atom is -0.391 e. The monoisotopic (exact) mass is 386 g/mol. The van der Waals surface area contributed by atoms with Crippen LogP contribution in [0.5, 0.6) is 0 Å². The fraction of sp³-hybridized carbons (Fsp3) is 0.412. The number of hydrogen-bond donors (Lipinski definition) is 3. The Hall–Kier alpha value is -1.60. The number of β-amino-alcohol motifs (C(OH)–C–C–N with tert-alkyl or cyclic N) is 1. The number of pyridine rings is 1. The molecular formula is C17H24Cl2N4O2. The first-order valence-electron chi connectivity index (χ1n) is 7.85. The van der Waals surface area contributed by atoms with E-state index in [2.05, 4.69) is 15.6 Å². The smallest absolute Gasteiger partial charge is 0.253 e. The van der Waals surface area contributed by atoms with E-state index in [9.17, 15) is 9.90 Å². The number of carbonyl (C=O) groups is 1. The predicted molar refractivity (Wildman–Crippen MR) is 102 cm³/mol. The molecule has 1 aliphatic rings. The molecule has 0 radical (unpaired) electrons. The van der Waals surface area contributed by atoms with E-state index in [1.165, 1.54) is 0 Å². The van der Waals surface area contributed by atoms with Crippen molar-refractivity contribution in [2.24, 2.45) is 5.92 Å². The van der Waals surface area contributed by atoms with Gasteiger partial charge < -0.3 is 20.3 Å². The molecule has 6 nitrogen and oxygen atoms in total. The lowest BCUT2D eigenvalue weighted by atomic mass is 10.1. The Bertz CT molecular complexity index is 706. The van der Waals surface area contributed by atoms with Crippen LogP contribution in [0.15, 0.2) is 30.5 Å². The van der Waals surface area contributed by atoms with Crippen LogP contribution in [-0.2, 0) is 0 Å². The maximum absolute atomic E-state index is 12.5. The van der Waals surface area contributed by atoms with Gasteiger partial charge in [-0.05, 0) is 32.0 Å². The first-order valence-corrected chi connectivity index (χ1v) is 7.85. The van der Waals surface area contributed by atoms with Gasteiger partial charge in [0.2, 0.25) is 0 Å². The number of carbonyl (C=O) groups excluding carboxylic acids is 1. The number of nitrogens with one attached hydrogen (secondary N) is 2. The van der Waals surface area contributed by atoms with Gasteiger partial charge in [-0.3, -0.25) is 4.79 Å². The van der Waals surface area contributed by atoms with Crippen LogP contribution in [0.1, 0.15) is 21.7 Å². The molecule has 0 saturated carbocycles. The van der Waals surface area contributed by atoms with E-state index in [4.69, 9.17) is 0 Å². The first-order chi connectivity index (χ1) is 11.1. The van der Waals surface area contributed by atoms with Crippen molar-refractivity contribution >= 4 is 30.7 Å². The number of rotatable bonds is 4. The van der Waals surface area contributed by atoms with Crippen molar-refractivity contribution in [3.05, 3.63) is 47.4 Å². The molecule has 1 amide bonds. The summed E-state index contributed by atoms with van der Waals surface area (Å²) in [5, 5.41) is 15.8. The van der Waals surface area contributed by atoms with E-state index >= 15 is 0 Å². The minimum atomic E-state index is -0.392. The average Bonchev–Trinajstić information content (AvgIpc) is 3.09. The molecule has 1 fully saturated rings. The topological polar surface area (TPSA) is 79.2 Å². The molecule has 1 aliphatic heterocycles. The molecular weight excluding hydrogens is 363 g/mol. The van der Waals surface area contributed by atoms with Crippen LogP contribution >= 0.6 is 24.8 Å². The van der Waals surface area contributed by atoms with Crippen LogP contribution in [-0.4, -0.2) is 46.3 Å². The molecule has 3 N–H and O–H groups in total. The summed E-state index contributed by atoms with van der Waals surface area (Å²) in [4.78, 5) is 16.8. The van der Waals surface area contributed by atoms with Crippen molar-refractivity contribution < 1.29 is 9.90 Å². The van der Waals surface area contributed by atoms with Crippen molar-refractivity contribution in [3.63, 3.8) is 0 Å². The highest BCUT2D eigenvalue weighted by Gasteiger charge is 2.26. The highest BCUT2D eigenvalue weighted by molar-refractivity contribution is 5.95. The number of hydrogen-bond acceptors (Lipinski definition) is 4. The lowest BCUT2D eigenvalue weighted by Gasteiger charge is -2.14. The van der Waals surface area contributed by atoms with Gasteiger partial charge in [-0.2, -0.15) is 0 Å². The van der Waals surface area contributed by atoms with E-state index in [1.54, 1.807) is 6.20 Å². The van der Waals surface area contributed by atoms with Gasteiger partial charge in [-0.15, -0.1) is 24.8 Å². The highest BCUT2D eigenvalue weighted by Crippen LogP contribution is 2.19. The zero-order valence-corrected chi connectivity index (χ0v) is 15.9. The zero-order valence-electron chi connectivity index (χ0n) is 14.2. The fourth-order valence-electron chi connectivity index (χ4n) is 3.08. The standard InChI is InChI=1S/C17H22N4O2.2ClH/c1-11-7-14(12(2)21(11)16-5-3-4-6-19-16)17(23)20-9-13-8-18-10-15(13)22;;/h3-7,13,15,18,22H,8-10H2,1-2H3,(H,20,23);2*1H. The zero-order chi connectivity index (χ0) is 16.4. The second-order valence-corrected chi connectivity index (χ2v) is 6.00. The van der Waals surface area contributed by atoms with Crippen LogP contribution in [0.2, 0.25) is 0 Å². The Morgan fingerprint density at radius 2 is 2.12 bits per heavy atom. The number of halogens is 2. The van der Waals surface area contributed by atoms with Crippen LogP contribution in [0.3, 0.4) is 0 Å². The maximum Gasteiger partial charge on any atom is 0.253 e. The summed E-state index contributed by atoms with van der Waals surface area (Å²) < 4.78 is 1.97. The van der Waals surface area contributed by atoms with Crippen molar-refractivity contribution in [3.8, 4) is 5.82 Å². The number of aryl methyl sites for hydroxylation is 1. The number of nitrogens with zero attached hydrogens (tertiary/aromatic N) is 2. The highest BCUT2D eigenvalue weighted by atomic mass is 35.5. The predicted octanol–water partition coefficient (Wildman–Crippen LogP) is 1.64. The lowest BCUT2D eigenvalue weighted by molar-refractivity contribution is 0.0926. The van der Waals surface area contributed by atoms with Gasteiger partial charge in [-0.25, -0.2) is 4.98 Å². The summed E-state index contributed by atoms with van der Waals surface area (Å²) in [5.74, 6) is 0.759. The number of amides is 1. The molecule has 138 valence electrons. The first kappa shape index (κ1) is 21.4. The van der Waals surface area contributed by atoms with Gasteiger partial charge in [-0.1, -0.05) is 6.07 Å². The Morgan fingerprint density at radius 3 is 2.72 bits per heavy atom. The van der Waals surface area contributed by atoms with E-state index in [1.807, 2.05) is 42.7 Å². The molecule has 25 heavy (non-hydrogen) atoms. The molecule has 2 aromatic heterocycles. The summed E-state index contributed by atoms with van der Waals surface area (Å²) in [6.07, 6.45) is 1.35. The minimum absolute atomic E-state index is 0. The third-order valence-corrected chi connectivity index (χ3v) is 4.38. The Morgan fingerprint density at radius 1 is 1.36 bits per heavy atom. The molecule has 2 aromatic rings. The fourth-order valence-corrected chi connectivity index (χ4v) is 3.08. The maximum atomic E-state index is 12.5. The molecule has 0 bridgehead atoms. The molecule has 2 unspecified atom stereocenters. The molecule has 1 saturated heterocycles. The summed E-state index contributed by atoms with van der Waals surface area (Å²) >= 11 is 0. The molecule has 2 atom stereocenters. The van der Waals surface area contributed by atoms with Crippen molar-refractivity contribution in [2.75, 3.05) is 19.6 Å². The van der Waals surface area contributed by atoms with Crippen molar-refractivity contribution in [1.82, 2.24) is 20.2 Å². The van der Waals surface area contributed by atoms with Crippen LogP contribution < -0.4 is 10.6 Å². The van der Waals surface area contributed by atoms with Crippen LogP contribution in [0.4, 0.5) is 0 Å². The number of aliphatic hydroxyl groups is 1. The second kappa shape index (κ2) is 9.20. The van der Waals surface area contributed by atoms with Gasteiger partial charge in [0.1, 0.15) is 5.82 Å². The second-order valence-electron chi connectivity index (χ2n) is 6.00. The summed E-state index contributed by atoms with van der Waals surface area (Å²) in [5.41, 5.74) is 2.48. The Balaban J connectivity index is 0.00000156. The van der Waals surface area contributed by atoms with Crippen LogP contribution in [0, 0.1) is 19.8 Å². The van der Waals surface area contributed by atoms with Crippen molar-refractivity contribution in [1.29, 1.82) is 0 Å².